The van der Waals surface area contributed by atoms with Gasteiger partial charge in [0.1, 0.15) is 12.4 Å². The maximum absolute atomic E-state index is 11.2. The predicted molar refractivity (Wildman–Crippen MR) is 77.6 cm³/mol. The van der Waals surface area contributed by atoms with E-state index >= 15 is 0 Å². The summed E-state index contributed by atoms with van der Waals surface area (Å²) in [4.78, 5) is 12.4. The summed E-state index contributed by atoms with van der Waals surface area (Å²) in [5.74, 6) is -0.518. The first-order valence-corrected chi connectivity index (χ1v) is 7.35. The zero-order chi connectivity index (χ0) is 14.7. The van der Waals surface area contributed by atoms with Gasteiger partial charge in [0.15, 0.2) is 4.88 Å². The van der Waals surface area contributed by atoms with Crippen molar-refractivity contribution in [1.29, 1.82) is 0 Å². The first-order valence-electron chi connectivity index (χ1n) is 6.54. The van der Waals surface area contributed by atoms with E-state index in [1.54, 1.807) is 6.07 Å². The van der Waals surface area contributed by atoms with Crippen LogP contribution in [0.5, 0.6) is 5.75 Å². The Morgan fingerprint density at radius 2 is 2.30 bits per heavy atom. The van der Waals surface area contributed by atoms with Crippen LogP contribution in [-0.4, -0.2) is 20.9 Å². The fourth-order valence-electron chi connectivity index (χ4n) is 1.75. The van der Waals surface area contributed by atoms with Crippen LogP contribution < -0.4 is 4.74 Å². The molecule has 2 aromatic heterocycles. The number of aromatic carboxylic acids is 1. The molecule has 2 heterocycles. The molecule has 0 aliphatic carbocycles. The molecule has 0 aliphatic rings. The van der Waals surface area contributed by atoms with E-state index in [1.165, 1.54) is 11.3 Å². The monoisotopic (exact) mass is 294 g/mol. The fourth-order valence-corrected chi connectivity index (χ4v) is 2.63. The van der Waals surface area contributed by atoms with Gasteiger partial charge in [-0.05, 0) is 32.4 Å². The lowest BCUT2D eigenvalue weighted by Crippen LogP contribution is -2.04. The molecule has 0 amide bonds. The molecule has 1 N–H and O–H groups in total. The maximum Gasteiger partial charge on any atom is 0.349 e. The molecular weight excluding hydrogens is 276 g/mol. The van der Waals surface area contributed by atoms with Gasteiger partial charge in [0.05, 0.1) is 5.69 Å². The molecule has 0 aromatic carbocycles. The Kier molecular flexibility index (Phi) is 4.44. The molecule has 0 radical (unpaired) electrons. The van der Waals surface area contributed by atoms with Crippen LogP contribution in [0, 0.1) is 0 Å². The van der Waals surface area contributed by atoms with Gasteiger partial charge in [-0.3, -0.25) is 4.68 Å². The summed E-state index contributed by atoms with van der Waals surface area (Å²) in [7, 11) is 0. The van der Waals surface area contributed by atoms with Crippen molar-refractivity contribution < 1.29 is 14.6 Å². The van der Waals surface area contributed by atoms with Crippen molar-refractivity contribution in [1.82, 2.24) is 9.78 Å². The van der Waals surface area contributed by atoms with Gasteiger partial charge in [-0.2, -0.15) is 5.10 Å². The summed E-state index contributed by atoms with van der Waals surface area (Å²) in [5.41, 5.74) is 0.791. The van der Waals surface area contributed by atoms with Crippen LogP contribution in [0.2, 0.25) is 0 Å². The molecule has 0 fully saturated rings. The minimum absolute atomic E-state index is 0.255. The zero-order valence-electron chi connectivity index (χ0n) is 11.8. The lowest BCUT2D eigenvalue weighted by Gasteiger charge is -2.05. The number of carboxylic acid groups (broad SMARTS) is 1. The Labute approximate surface area is 121 Å². The maximum atomic E-state index is 11.2. The van der Waals surface area contributed by atoms with E-state index in [-0.39, 0.29) is 11.5 Å². The molecule has 2 aromatic rings. The van der Waals surface area contributed by atoms with Gasteiger partial charge < -0.3 is 9.84 Å². The van der Waals surface area contributed by atoms with Gasteiger partial charge in [-0.15, -0.1) is 11.3 Å². The van der Waals surface area contributed by atoms with E-state index in [0.717, 1.165) is 17.0 Å². The predicted octanol–water partition coefficient (Wildman–Crippen LogP) is 3.37. The molecule has 0 unspecified atom stereocenters. The van der Waals surface area contributed by atoms with Crippen LogP contribution in [0.1, 0.15) is 47.1 Å². The number of nitrogens with zero attached hydrogens (tertiary/aromatic N) is 2. The molecule has 0 bridgehead atoms. The highest BCUT2D eigenvalue weighted by atomic mass is 32.1. The summed E-state index contributed by atoms with van der Waals surface area (Å²) in [6.07, 6.45) is 2.70. The normalized spacial score (nSPS) is 11.0. The molecular formula is C14H18N2O3S. The van der Waals surface area contributed by atoms with Crippen molar-refractivity contribution in [3.63, 3.8) is 0 Å². The third-order valence-electron chi connectivity index (χ3n) is 2.86. The lowest BCUT2D eigenvalue weighted by molar-refractivity contribution is 0.0697. The van der Waals surface area contributed by atoms with Gasteiger partial charge in [-0.1, -0.05) is 6.92 Å². The SMILES string of the molecule is CCc1cc(OCc2ccn(C(C)C)n2)c(C(=O)O)s1. The van der Waals surface area contributed by atoms with Crippen molar-refractivity contribution in [2.45, 2.75) is 39.8 Å². The smallest absolute Gasteiger partial charge is 0.349 e. The van der Waals surface area contributed by atoms with E-state index in [2.05, 4.69) is 5.10 Å². The Bertz CT molecular complexity index is 601. The molecule has 5 nitrogen and oxygen atoms in total. The molecule has 0 spiro atoms. The number of hydrogen-bond acceptors (Lipinski definition) is 4. The minimum Gasteiger partial charge on any atom is -0.485 e. The highest BCUT2D eigenvalue weighted by molar-refractivity contribution is 7.14. The van der Waals surface area contributed by atoms with Crippen molar-refractivity contribution in [2.24, 2.45) is 0 Å². The third-order valence-corrected chi connectivity index (χ3v) is 4.11. The van der Waals surface area contributed by atoms with E-state index in [4.69, 9.17) is 9.84 Å². The molecule has 0 aliphatic heterocycles. The van der Waals surface area contributed by atoms with E-state index in [9.17, 15) is 4.79 Å². The quantitative estimate of drug-likeness (QED) is 0.887. The molecule has 2 rings (SSSR count). The topological polar surface area (TPSA) is 64.4 Å². The second-order valence-corrected chi connectivity index (χ2v) is 5.87. The van der Waals surface area contributed by atoms with Gasteiger partial charge in [-0.25, -0.2) is 4.79 Å². The lowest BCUT2D eigenvalue weighted by atomic mass is 10.3. The van der Waals surface area contributed by atoms with E-state index in [0.29, 0.717) is 11.8 Å². The molecule has 108 valence electrons. The Morgan fingerprint density at radius 1 is 1.55 bits per heavy atom. The number of aromatic nitrogens is 2. The van der Waals surface area contributed by atoms with Crippen LogP contribution >= 0.6 is 11.3 Å². The van der Waals surface area contributed by atoms with Crippen LogP contribution in [0.25, 0.3) is 0 Å². The largest absolute Gasteiger partial charge is 0.485 e. The summed E-state index contributed by atoms with van der Waals surface area (Å²) in [5, 5.41) is 13.5. The molecule has 6 heteroatoms. The first kappa shape index (κ1) is 14.6. The van der Waals surface area contributed by atoms with E-state index < -0.39 is 5.97 Å². The highest BCUT2D eigenvalue weighted by Gasteiger charge is 2.16. The number of thiophene rings is 1. The third kappa shape index (κ3) is 3.19. The number of carboxylic acids is 1. The number of rotatable bonds is 6. The summed E-state index contributed by atoms with van der Waals surface area (Å²) < 4.78 is 7.46. The Morgan fingerprint density at radius 3 is 2.85 bits per heavy atom. The number of carbonyl (C=O) groups is 1. The molecule has 20 heavy (non-hydrogen) atoms. The van der Waals surface area contributed by atoms with E-state index in [1.807, 2.05) is 37.7 Å². The average molecular weight is 294 g/mol. The van der Waals surface area contributed by atoms with Crippen LogP contribution in [0.4, 0.5) is 0 Å². The fraction of sp³-hybridized carbons (Fsp3) is 0.429. The van der Waals surface area contributed by atoms with Gasteiger partial charge in [0, 0.05) is 17.1 Å². The highest BCUT2D eigenvalue weighted by Crippen LogP contribution is 2.30. The van der Waals surface area contributed by atoms with Crippen molar-refractivity contribution in [3.05, 3.63) is 33.8 Å². The Balaban J connectivity index is 2.09. The Hall–Kier alpha value is -1.82. The van der Waals surface area contributed by atoms with Crippen molar-refractivity contribution in [2.75, 3.05) is 0 Å². The zero-order valence-corrected chi connectivity index (χ0v) is 12.6. The van der Waals surface area contributed by atoms with Gasteiger partial charge in [0.25, 0.3) is 0 Å². The minimum atomic E-state index is -0.947. The first-order chi connectivity index (χ1) is 9.51. The molecule has 0 saturated heterocycles. The molecule has 0 atom stereocenters. The number of aryl methyl sites for hydroxylation is 1. The second kappa shape index (κ2) is 6.09. The standard InChI is InChI=1S/C14H18N2O3S/c1-4-11-7-12(13(20-11)14(17)18)19-8-10-5-6-16(15-10)9(2)3/h5-7,9H,4,8H2,1-3H3,(H,17,18). The van der Waals surface area contributed by atoms with Crippen LogP contribution in [0.3, 0.4) is 0 Å². The summed E-state index contributed by atoms with van der Waals surface area (Å²) in [6.45, 7) is 6.37. The van der Waals surface area contributed by atoms with Crippen LogP contribution in [-0.2, 0) is 13.0 Å². The number of ether oxygens (including phenoxy) is 1. The van der Waals surface area contributed by atoms with Gasteiger partial charge >= 0.3 is 5.97 Å². The summed E-state index contributed by atoms with van der Waals surface area (Å²) in [6, 6.07) is 3.98. The van der Waals surface area contributed by atoms with Crippen molar-refractivity contribution >= 4 is 17.3 Å². The average Bonchev–Trinajstić information content (AvgIpc) is 3.03. The van der Waals surface area contributed by atoms with Gasteiger partial charge in [0.2, 0.25) is 0 Å². The van der Waals surface area contributed by atoms with Crippen LogP contribution in [0.15, 0.2) is 18.3 Å². The molecule has 0 saturated carbocycles. The number of hydrogen-bond donors (Lipinski definition) is 1. The summed E-state index contributed by atoms with van der Waals surface area (Å²) >= 11 is 1.26. The van der Waals surface area contributed by atoms with Crippen molar-refractivity contribution in [3.8, 4) is 5.75 Å². The second-order valence-electron chi connectivity index (χ2n) is 4.73.